The second kappa shape index (κ2) is 3.38. The molecule has 2 nitrogen and oxygen atoms in total. The summed E-state index contributed by atoms with van der Waals surface area (Å²) in [4.78, 5) is 9.84. The van der Waals surface area contributed by atoms with Crippen LogP contribution in [0.25, 0.3) is 0 Å². The van der Waals surface area contributed by atoms with E-state index >= 15 is 0 Å². The highest BCUT2D eigenvalue weighted by atomic mass is 19.4. The van der Waals surface area contributed by atoms with Crippen LogP contribution >= 0.6 is 0 Å². The molecule has 0 aromatic carbocycles. The summed E-state index contributed by atoms with van der Waals surface area (Å²) in [5.41, 5.74) is -2.52. The Labute approximate surface area is 78.0 Å². The van der Waals surface area contributed by atoms with E-state index in [9.17, 15) is 35.5 Å². The Morgan fingerprint density at radius 3 is 1.53 bits per heavy atom. The Morgan fingerprint density at radius 2 is 1.33 bits per heavy atom. The number of hydrogen-bond acceptors (Lipinski definition) is 1. The van der Waals surface area contributed by atoms with Gasteiger partial charge in [-0.05, 0) is 0 Å². The summed E-state index contributed by atoms with van der Waals surface area (Å²) in [6, 6.07) is 0. The molecular formula is C6H3F7O2. The van der Waals surface area contributed by atoms with Crippen molar-refractivity contribution in [2.75, 3.05) is 0 Å². The van der Waals surface area contributed by atoms with E-state index in [0.717, 1.165) is 0 Å². The first-order chi connectivity index (χ1) is 6.35. The van der Waals surface area contributed by atoms with E-state index < -0.39 is 29.6 Å². The number of aliphatic carboxylic acids is 1. The van der Waals surface area contributed by atoms with Gasteiger partial charge in [0.1, 0.15) is 5.57 Å². The second-order valence-electron chi connectivity index (χ2n) is 2.43. The standard InChI is InChI=1S/C6H3F7O2/c1-2(3(14)15)4(7,8)5(9,10)6(11,12)13/h1H2,(H,14,15). The monoisotopic (exact) mass is 240 g/mol. The number of alkyl halides is 7. The lowest BCUT2D eigenvalue weighted by Gasteiger charge is -2.27. The topological polar surface area (TPSA) is 37.3 Å². The van der Waals surface area contributed by atoms with Crippen LogP contribution in [0.4, 0.5) is 30.7 Å². The lowest BCUT2D eigenvalue weighted by Crippen LogP contribution is -2.53. The van der Waals surface area contributed by atoms with Crippen molar-refractivity contribution >= 4 is 5.97 Å². The first-order valence-corrected chi connectivity index (χ1v) is 3.10. The fourth-order valence-corrected chi connectivity index (χ4v) is 0.502. The normalized spacial score (nSPS) is 13.8. The van der Waals surface area contributed by atoms with Crippen molar-refractivity contribution in [1.82, 2.24) is 0 Å². The van der Waals surface area contributed by atoms with Crippen molar-refractivity contribution in [2.24, 2.45) is 0 Å². The molecule has 0 aromatic rings. The highest BCUT2D eigenvalue weighted by Crippen LogP contribution is 2.49. The highest BCUT2D eigenvalue weighted by molar-refractivity contribution is 5.88. The van der Waals surface area contributed by atoms with E-state index in [1.54, 1.807) is 0 Å². The van der Waals surface area contributed by atoms with Crippen molar-refractivity contribution < 1.29 is 40.6 Å². The summed E-state index contributed by atoms with van der Waals surface area (Å²) in [6.45, 7) is 1.98. The quantitative estimate of drug-likeness (QED) is 0.607. The molecule has 0 aliphatic rings. The Balaban J connectivity index is 5.38. The second-order valence-corrected chi connectivity index (χ2v) is 2.43. The van der Waals surface area contributed by atoms with Crippen LogP contribution in [0, 0.1) is 0 Å². The van der Waals surface area contributed by atoms with Crippen LogP contribution in [-0.2, 0) is 4.79 Å². The third-order valence-corrected chi connectivity index (χ3v) is 1.39. The molecule has 0 atom stereocenters. The largest absolute Gasteiger partial charge is 0.478 e. The third kappa shape index (κ3) is 2.05. The lowest BCUT2D eigenvalue weighted by atomic mass is 10.0. The first-order valence-electron chi connectivity index (χ1n) is 3.10. The Kier molecular flexibility index (Phi) is 3.10. The van der Waals surface area contributed by atoms with Gasteiger partial charge in [-0.25, -0.2) is 4.79 Å². The zero-order valence-corrected chi connectivity index (χ0v) is 6.71. The van der Waals surface area contributed by atoms with Gasteiger partial charge >= 0.3 is 24.0 Å². The number of carboxylic acids is 1. The fraction of sp³-hybridized carbons (Fsp3) is 0.500. The maximum atomic E-state index is 12.4. The zero-order chi connectivity index (χ0) is 12.7. The molecule has 0 saturated carbocycles. The smallest absolute Gasteiger partial charge is 0.460 e. The van der Waals surface area contributed by atoms with E-state index in [1.165, 1.54) is 0 Å². The van der Waals surface area contributed by atoms with Crippen LogP contribution in [0.3, 0.4) is 0 Å². The summed E-state index contributed by atoms with van der Waals surface area (Å²) in [5, 5.41) is 7.87. The van der Waals surface area contributed by atoms with Crippen LogP contribution in [0.5, 0.6) is 0 Å². The van der Waals surface area contributed by atoms with E-state index in [-0.39, 0.29) is 0 Å². The van der Waals surface area contributed by atoms with Crippen LogP contribution in [0.15, 0.2) is 12.2 Å². The molecule has 0 heterocycles. The van der Waals surface area contributed by atoms with Crippen LogP contribution < -0.4 is 0 Å². The van der Waals surface area contributed by atoms with E-state index in [2.05, 4.69) is 0 Å². The van der Waals surface area contributed by atoms with Gasteiger partial charge in [0.15, 0.2) is 0 Å². The van der Waals surface area contributed by atoms with E-state index in [4.69, 9.17) is 5.11 Å². The minimum atomic E-state index is -6.56. The molecular weight excluding hydrogens is 237 g/mol. The lowest BCUT2D eigenvalue weighted by molar-refractivity contribution is -0.344. The molecule has 0 unspecified atom stereocenters. The molecule has 0 radical (unpaired) electrons. The van der Waals surface area contributed by atoms with Crippen molar-refractivity contribution in [1.29, 1.82) is 0 Å². The molecule has 9 heteroatoms. The molecule has 88 valence electrons. The molecule has 0 saturated heterocycles. The van der Waals surface area contributed by atoms with Crippen molar-refractivity contribution in [3.8, 4) is 0 Å². The Hall–Kier alpha value is -1.28. The van der Waals surface area contributed by atoms with Gasteiger partial charge < -0.3 is 5.11 Å². The average molecular weight is 240 g/mol. The van der Waals surface area contributed by atoms with Crippen molar-refractivity contribution in [3.63, 3.8) is 0 Å². The number of hydrogen-bond donors (Lipinski definition) is 1. The molecule has 15 heavy (non-hydrogen) atoms. The third-order valence-electron chi connectivity index (χ3n) is 1.39. The van der Waals surface area contributed by atoms with Gasteiger partial charge in [-0.1, -0.05) is 6.58 Å². The molecule has 1 N–H and O–H groups in total. The maximum Gasteiger partial charge on any atom is 0.460 e. The SMILES string of the molecule is C=C(C(=O)O)C(F)(F)C(F)(F)C(F)(F)F. The van der Waals surface area contributed by atoms with E-state index in [1.807, 2.05) is 6.58 Å². The van der Waals surface area contributed by atoms with Crippen molar-refractivity contribution in [2.45, 2.75) is 18.0 Å². The van der Waals surface area contributed by atoms with E-state index in [0.29, 0.717) is 0 Å². The molecule has 0 spiro atoms. The summed E-state index contributed by atoms with van der Waals surface area (Å²) < 4.78 is 83.5. The first kappa shape index (κ1) is 13.7. The summed E-state index contributed by atoms with van der Waals surface area (Å²) in [7, 11) is 0. The Morgan fingerprint density at radius 1 is 1.00 bits per heavy atom. The summed E-state index contributed by atoms with van der Waals surface area (Å²) in [5.74, 6) is -15.0. The minimum absolute atomic E-state index is 1.98. The van der Waals surface area contributed by atoms with Crippen LogP contribution in [0.2, 0.25) is 0 Å². The average Bonchev–Trinajstić information content (AvgIpc) is 2.00. The van der Waals surface area contributed by atoms with Gasteiger partial charge in [0.25, 0.3) is 0 Å². The summed E-state index contributed by atoms with van der Waals surface area (Å²) in [6.07, 6.45) is -6.56. The van der Waals surface area contributed by atoms with Crippen LogP contribution in [0.1, 0.15) is 0 Å². The summed E-state index contributed by atoms with van der Waals surface area (Å²) >= 11 is 0. The van der Waals surface area contributed by atoms with Gasteiger partial charge in [-0.2, -0.15) is 30.7 Å². The molecule has 0 aliphatic heterocycles. The number of rotatable bonds is 3. The molecule has 0 amide bonds. The number of carbonyl (C=O) groups is 1. The van der Waals surface area contributed by atoms with Gasteiger partial charge in [-0.3, -0.25) is 0 Å². The van der Waals surface area contributed by atoms with Crippen molar-refractivity contribution in [3.05, 3.63) is 12.2 Å². The minimum Gasteiger partial charge on any atom is -0.478 e. The number of carboxylic acid groups (broad SMARTS) is 1. The maximum absolute atomic E-state index is 12.4. The molecule has 0 aliphatic carbocycles. The van der Waals surface area contributed by atoms with Gasteiger partial charge in [-0.15, -0.1) is 0 Å². The van der Waals surface area contributed by atoms with Crippen LogP contribution in [-0.4, -0.2) is 29.1 Å². The highest BCUT2D eigenvalue weighted by Gasteiger charge is 2.74. The molecule has 0 fully saturated rings. The van der Waals surface area contributed by atoms with Gasteiger partial charge in [0.2, 0.25) is 0 Å². The predicted octanol–water partition coefficient (Wildman–Crippen LogP) is 2.46. The molecule has 0 rings (SSSR count). The fourth-order valence-electron chi connectivity index (χ4n) is 0.502. The Bertz CT molecular complexity index is 290. The number of halogens is 7. The molecule has 0 bridgehead atoms. The zero-order valence-electron chi connectivity index (χ0n) is 6.71. The van der Waals surface area contributed by atoms with Gasteiger partial charge in [0, 0.05) is 0 Å². The van der Waals surface area contributed by atoms with Gasteiger partial charge in [0.05, 0.1) is 0 Å². The molecule has 0 aromatic heterocycles. The predicted molar refractivity (Wildman–Crippen MR) is 32.7 cm³/mol.